The second kappa shape index (κ2) is 10.8. The van der Waals surface area contributed by atoms with Crippen molar-refractivity contribution in [3.05, 3.63) is 53.1 Å². The Kier molecular flexibility index (Phi) is 8.04. The maximum atomic E-state index is 12.6. The first-order valence-electron chi connectivity index (χ1n) is 10.4. The van der Waals surface area contributed by atoms with Gasteiger partial charge in [-0.25, -0.2) is 13.2 Å². The largest absolute Gasteiger partial charge is 0.484 e. The fourth-order valence-corrected chi connectivity index (χ4v) is 4.41. The van der Waals surface area contributed by atoms with Crippen LogP contribution in [-0.4, -0.2) is 69.6 Å². The molecule has 1 aliphatic rings. The van der Waals surface area contributed by atoms with Crippen molar-refractivity contribution in [3.8, 4) is 5.75 Å². The molecule has 0 bridgehead atoms. The number of rotatable bonds is 7. The van der Waals surface area contributed by atoms with Crippen LogP contribution >= 0.6 is 11.6 Å². The second-order valence-corrected chi connectivity index (χ2v) is 9.49. The summed E-state index contributed by atoms with van der Waals surface area (Å²) >= 11 is 6.05. The highest BCUT2D eigenvalue weighted by Gasteiger charge is 2.25. The molecule has 0 atom stereocenters. The molecular weight excluding hydrogens is 470 g/mol. The predicted octanol–water partition coefficient (Wildman–Crippen LogP) is 3.13. The van der Waals surface area contributed by atoms with Gasteiger partial charge in [0.25, 0.3) is 15.9 Å². The Bertz CT molecular complexity index is 1100. The summed E-state index contributed by atoms with van der Waals surface area (Å²) in [7, 11) is -3.81. The van der Waals surface area contributed by atoms with Crippen molar-refractivity contribution in [2.45, 2.75) is 18.7 Å². The molecule has 0 saturated carbocycles. The number of nitrogens with one attached hydrogen (secondary N) is 1. The maximum absolute atomic E-state index is 12.6. The average molecular weight is 496 g/mol. The van der Waals surface area contributed by atoms with E-state index in [0.29, 0.717) is 49.2 Å². The van der Waals surface area contributed by atoms with E-state index in [1.807, 2.05) is 6.92 Å². The zero-order valence-electron chi connectivity index (χ0n) is 18.4. The second-order valence-electron chi connectivity index (χ2n) is 7.40. The summed E-state index contributed by atoms with van der Waals surface area (Å²) < 4.78 is 38.2. The average Bonchev–Trinajstić information content (AvgIpc) is 2.80. The normalized spacial score (nSPS) is 14.0. The molecule has 0 aliphatic carbocycles. The third-order valence-electron chi connectivity index (χ3n) is 5.08. The summed E-state index contributed by atoms with van der Waals surface area (Å²) in [6, 6.07) is 10.7. The van der Waals surface area contributed by atoms with Gasteiger partial charge in [0.05, 0.1) is 17.2 Å². The minimum absolute atomic E-state index is 0.0490. The van der Waals surface area contributed by atoms with Gasteiger partial charge in [-0.05, 0) is 55.8 Å². The van der Waals surface area contributed by atoms with Gasteiger partial charge in [-0.15, -0.1) is 0 Å². The molecule has 1 aliphatic heterocycles. The Morgan fingerprint density at radius 3 is 2.27 bits per heavy atom. The van der Waals surface area contributed by atoms with Crippen LogP contribution in [0.3, 0.4) is 0 Å². The van der Waals surface area contributed by atoms with E-state index in [0.717, 1.165) is 5.56 Å². The molecule has 0 unspecified atom stereocenters. The van der Waals surface area contributed by atoms with E-state index in [9.17, 15) is 18.0 Å². The van der Waals surface area contributed by atoms with Crippen molar-refractivity contribution >= 4 is 39.3 Å². The molecule has 0 spiro atoms. The van der Waals surface area contributed by atoms with Crippen molar-refractivity contribution in [3.63, 3.8) is 0 Å². The molecule has 2 amide bonds. The van der Waals surface area contributed by atoms with Crippen molar-refractivity contribution in [1.82, 2.24) is 9.80 Å². The zero-order valence-corrected chi connectivity index (χ0v) is 20.0. The lowest BCUT2D eigenvalue weighted by molar-refractivity contribution is -0.134. The van der Waals surface area contributed by atoms with Crippen molar-refractivity contribution in [2.24, 2.45) is 0 Å². The number of carbonyl (C=O) groups excluding carboxylic acids is 2. The van der Waals surface area contributed by atoms with Crippen LogP contribution in [0.2, 0.25) is 5.02 Å². The summed E-state index contributed by atoms with van der Waals surface area (Å²) in [6.07, 6.45) is -0.379. The SMILES string of the molecule is CCOC(=O)N1CCN(C(=O)COc2ccc(S(=O)(=O)Nc3ccc(C)c(Cl)c3)cc2)CC1. The van der Waals surface area contributed by atoms with Gasteiger partial charge in [0.2, 0.25) is 0 Å². The summed E-state index contributed by atoms with van der Waals surface area (Å²) in [5, 5.41) is 0.464. The third kappa shape index (κ3) is 6.52. The number of hydrogen-bond donors (Lipinski definition) is 1. The van der Waals surface area contributed by atoms with E-state index in [1.54, 1.807) is 34.9 Å². The van der Waals surface area contributed by atoms with Gasteiger partial charge >= 0.3 is 6.09 Å². The van der Waals surface area contributed by atoms with Gasteiger partial charge in [-0.2, -0.15) is 0 Å². The highest BCUT2D eigenvalue weighted by molar-refractivity contribution is 7.92. The summed E-state index contributed by atoms with van der Waals surface area (Å²) in [6.45, 7) is 5.28. The number of sulfonamides is 1. The Labute approximate surface area is 198 Å². The fourth-order valence-electron chi connectivity index (χ4n) is 3.17. The molecular formula is C22H26ClN3O6S. The van der Waals surface area contributed by atoms with Crippen LogP contribution in [0.4, 0.5) is 10.5 Å². The monoisotopic (exact) mass is 495 g/mol. The number of carbonyl (C=O) groups is 2. The first-order chi connectivity index (χ1) is 15.7. The highest BCUT2D eigenvalue weighted by atomic mass is 35.5. The van der Waals surface area contributed by atoms with Gasteiger partial charge in [0, 0.05) is 31.2 Å². The lowest BCUT2D eigenvalue weighted by atomic mass is 10.2. The fraction of sp³-hybridized carbons (Fsp3) is 0.364. The third-order valence-corrected chi connectivity index (χ3v) is 6.88. The Hall–Kier alpha value is -2.98. The molecule has 0 aromatic heterocycles. The minimum atomic E-state index is -3.81. The van der Waals surface area contributed by atoms with Crippen molar-refractivity contribution < 1.29 is 27.5 Å². The highest BCUT2D eigenvalue weighted by Crippen LogP contribution is 2.23. The molecule has 3 rings (SSSR count). The van der Waals surface area contributed by atoms with Crippen LogP contribution in [0, 0.1) is 6.92 Å². The molecule has 11 heteroatoms. The topological polar surface area (TPSA) is 105 Å². The van der Waals surface area contributed by atoms with Crippen LogP contribution < -0.4 is 9.46 Å². The molecule has 33 heavy (non-hydrogen) atoms. The van der Waals surface area contributed by atoms with Crippen LogP contribution in [0.1, 0.15) is 12.5 Å². The number of amides is 2. The first kappa shape index (κ1) is 24.7. The van der Waals surface area contributed by atoms with Crippen LogP contribution in [0.15, 0.2) is 47.4 Å². The van der Waals surface area contributed by atoms with Gasteiger partial charge < -0.3 is 19.3 Å². The molecule has 0 radical (unpaired) electrons. The van der Waals surface area contributed by atoms with Gasteiger partial charge in [0.15, 0.2) is 6.61 Å². The molecule has 1 fully saturated rings. The molecule has 2 aromatic rings. The summed E-state index contributed by atoms with van der Waals surface area (Å²) in [5.74, 6) is 0.152. The number of anilines is 1. The van der Waals surface area contributed by atoms with Crippen molar-refractivity contribution in [2.75, 3.05) is 44.1 Å². The Morgan fingerprint density at radius 2 is 1.67 bits per heavy atom. The number of halogens is 1. The van der Waals surface area contributed by atoms with E-state index in [4.69, 9.17) is 21.1 Å². The zero-order chi connectivity index (χ0) is 24.0. The number of benzene rings is 2. The van der Waals surface area contributed by atoms with E-state index < -0.39 is 10.0 Å². The van der Waals surface area contributed by atoms with Crippen molar-refractivity contribution in [1.29, 1.82) is 0 Å². The molecule has 1 N–H and O–H groups in total. The number of ether oxygens (including phenoxy) is 2. The minimum Gasteiger partial charge on any atom is -0.484 e. The van der Waals surface area contributed by atoms with E-state index in [-0.39, 0.29) is 23.5 Å². The van der Waals surface area contributed by atoms with Gasteiger partial charge in [-0.1, -0.05) is 17.7 Å². The lowest BCUT2D eigenvalue weighted by Crippen LogP contribution is -2.51. The number of piperazine rings is 1. The smallest absolute Gasteiger partial charge is 0.409 e. The number of hydrogen-bond acceptors (Lipinski definition) is 6. The standard InChI is InChI=1S/C22H26ClN3O6S/c1-3-31-22(28)26-12-10-25(11-13-26)21(27)15-32-18-6-8-19(9-7-18)33(29,30)24-17-5-4-16(2)20(23)14-17/h4-9,14,24H,3,10-13,15H2,1-2H3. The van der Waals surface area contributed by atoms with Gasteiger partial charge in [-0.3, -0.25) is 9.52 Å². The molecule has 178 valence electrons. The molecule has 1 saturated heterocycles. The molecule has 2 aromatic carbocycles. The number of aryl methyl sites for hydroxylation is 1. The van der Waals surface area contributed by atoms with Crippen LogP contribution in [0.25, 0.3) is 0 Å². The van der Waals surface area contributed by atoms with Gasteiger partial charge in [0.1, 0.15) is 5.75 Å². The first-order valence-corrected chi connectivity index (χ1v) is 12.3. The maximum Gasteiger partial charge on any atom is 0.409 e. The van der Waals surface area contributed by atoms with E-state index in [1.165, 1.54) is 24.3 Å². The Morgan fingerprint density at radius 1 is 1.03 bits per heavy atom. The summed E-state index contributed by atoms with van der Waals surface area (Å²) in [4.78, 5) is 27.4. The quantitative estimate of drug-likeness (QED) is 0.632. The lowest BCUT2D eigenvalue weighted by Gasteiger charge is -2.33. The molecule has 9 nitrogen and oxygen atoms in total. The van der Waals surface area contributed by atoms with Crippen LogP contribution in [-0.2, 0) is 19.6 Å². The summed E-state index contributed by atoms with van der Waals surface area (Å²) in [5.41, 5.74) is 1.20. The Balaban J connectivity index is 1.51. The predicted molar refractivity (Wildman–Crippen MR) is 124 cm³/mol. The van der Waals surface area contributed by atoms with E-state index >= 15 is 0 Å². The van der Waals surface area contributed by atoms with E-state index in [2.05, 4.69) is 4.72 Å². The van der Waals surface area contributed by atoms with Crippen LogP contribution in [0.5, 0.6) is 5.75 Å². The molecule has 1 heterocycles. The number of nitrogens with zero attached hydrogens (tertiary/aromatic N) is 2.